The summed E-state index contributed by atoms with van der Waals surface area (Å²) in [6.45, 7) is 4.23. The molecule has 1 heterocycles. The molecule has 1 aromatic carbocycles. The first-order valence-electron chi connectivity index (χ1n) is 7.26. The fraction of sp³-hybridized carbons (Fsp3) is 0.438. The van der Waals surface area contributed by atoms with Crippen LogP contribution < -0.4 is 16.0 Å². The van der Waals surface area contributed by atoms with Gasteiger partial charge in [0.15, 0.2) is 0 Å². The first kappa shape index (κ1) is 16.2. The molecule has 1 unspecified atom stereocenters. The molecule has 0 bridgehead atoms. The number of nitrogens with one attached hydrogen (secondary N) is 3. The zero-order valence-electron chi connectivity index (χ0n) is 13.1. The van der Waals surface area contributed by atoms with Crippen LogP contribution in [0.1, 0.15) is 41.3 Å². The molecule has 0 saturated carbocycles. The smallest absolute Gasteiger partial charge is 0.252 e. The van der Waals surface area contributed by atoms with Gasteiger partial charge in [-0.2, -0.15) is 0 Å². The van der Waals surface area contributed by atoms with E-state index in [9.17, 15) is 14.4 Å². The SMILES string of the molecule is CNCc1ccc(C(=O)NC2(C)CCC(=O)NC2=O)c(C)c1. The van der Waals surface area contributed by atoms with Crippen LogP contribution in [0.25, 0.3) is 0 Å². The number of imide groups is 1. The fourth-order valence-corrected chi connectivity index (χ4v) is 2.54. The highest BCUT2D eigenvalue weighted by molar-refractivity contribution is 6.06. The molecule has 1 aromatic rings. The van der Waals surface area contributed by atoms with Gasteiger partial charge in [0.1, 0.15) is 5.54 Å². The van der Waals surface area contributed by atoms with Gasteiger partial charge in [0.05, 0.1) is 0 Å². The fourth-order valence-electron chi connectivity index (χ4n) is 2.54. The molecule has 118 valence electrons. The molecule has 6 nitrogen and oxygen atoms in total. The molecule has 0 aliphatic carbocycles. The summed E-state index contributed by atoms with van der Waals surface area (Å²) in [6, 6.07) is 5.58. The third kappa shape index (κ3) is 3.33. The van der Waals surface area contributed by atoms with Crippen LogP contribution in [0.3, 0.4) is 0 Å². The van der Waals surface area contributed by atoms with E-state index in [0.717, 1.165) is 17.7 Å². The summed E-state index contributed by atoms with van der Waals surface area (Å²) in [5.41, 5.74) is 1.41. The normalized spacial score (nSPS) is 21.4. The van der Waals surface area contributed by atoms with Gasteiger partial charge < -0.3 is 10.6 Å². The van der Waals surface area contributed by atoms with Crippen LogP contribution in [-0.4, -0.2) is 30.3 Å². The Morgan fingerprint density at radius 2 is 2.09 bits per heavy atom. The summed E-state index contributed by atoms with van der Waals surface area (Å²) in [5, 5.41) is 8.08. The van der Waals surface area contributed by atoms with Crippen molar-refractivity contribution in [2.45, 2.75) is 38.8 Å². The Morgan fingerprint density at radius 1 is 1.36 bits per heavy atom. The van der Waals surface area contributed by atoms with Crippen molar-refractivity contribution in [1.82, 2.24) is 16.0 Å². The molecule has 1 aliphatic rings. The highest BCUT2D eigenvalue weighted by Gasteiger charge is 2.39. The van der Waals surface area contributed by atoms with Crippen molar-refractivity contribution in [3.8, 4) is 0 Å². The second-order valence-corrected chi connectivity index (χ2v) is 5.84. The Bertz CT molecular complexity index is 627. The predicted molar refractivity (Wildman–Crippen MR) is 82.2 cm³/mol. The van der Waals surface area contributed by atoms with Gasteiger partial charge in [0.2, 0.25) is 5.91 Å². The molecule has 1 fully saturated rings. The van der Waals surface area contributed by atoms with E-state index >= 15 is 0 Å². The lowest BCUT2D eigenvalue weighted by Crippen LogP contribution is -2.61. The summed E-state index contributed by atoms with van der Waals surface area (Å²) in [7, 11) is 1.86. The van der Waals surface area contributed by atoms with Crippen molar-refractivity contribution in [1.29, 1.82) is 0 Å². The maximum absolute atomic E-state index is 12.4. The van der Waals surface area contributed by atoms with Gasteiger partial charge in [0, 0.05) is 18.5 Å². The van der Waals surface area contributed by atoms with Crippen molar-refractivity contribution in [2.75, 3.05) is 7.05 Å². The minimum absolute atomic E-state index is 0.225. The lowest BCUT2D eigenvalue weighted by Gasteiger charge is -2.32. The number of amides is 3. The molecular weight excluding hydrogens is 282 g/mol. The van der Waals surface area contributed by atoms with Crippen LogP contribution >= 0.6 is 0 Å². The highest BCUT2D eigenvalue weighted by atomic mass is 16.2. The molecule has 6 heteroatoms. The first-order valence-corrected chi connectivity index (χ1v) is 7.26. The lowest BCUT2D eigenvalue weighted by atomic mass is 9.90. The Morgan fingerprint density at radius 3 is 2.68 bits per heavy atom. The van der Waals surface area contributed by atoms with Crippen molar-refractivity contribution in [3.63, 3.8) is 0 Å². The number of rotatable bonds is 4. The molecule has 3 amide bonds. The quantitative estimate of drug-likeness (QED) is 0.712. The van der Waals surface area contributed by atoms with E-state index in [2.05, 4.69) is 16.0 Å². The lowest BCUT2D eigenvalue weighted by molar-refractivity contribution is -0.137. The minimum Gasteiger partial charge on any atom is -0.338 e. The summed E-state index contributed by atoms with van der Waals surface area (Å²) in [4.78, 5) is 35.6. The average Bonchev–Trinajstić information content (AvgIpc) is 2.44. The van der Waals surface area contributed by atoms with E-state index in [4.69, 9.17) is 0 Å². The minimum atomic E-state index is -1.05. The molecule has 0 spiro atoms. The van der Waals surface area contributed by atoms with E-state index in [1.165, 1.54) is 0 Å². The molecule has 2 rings (SSSR count). The number of aryl methyl sites for hydroxylation is 1. The largest absolute Gasteiger partial charge is 0.338 e. The maximum Gasteiger partial charge on any atom is 0.252 e. The van der Waals surface area contributed by atoms with E-state index in [1.807, 2.05) is 26.1 Å². The maximum atomic E-state index is 12.4. The second-order valence-electron chi connectivity index (χ2n) is 5.84. The van der Waals surface area contributed by atoms with Gasteiger partial charge in [-0.25, -0.2) is 0 Å². The van der Waals surface area contributed by atoms with Crippen LogP contribution in [0, 0.1) is 6.92 Å². The van der Waals surface area contributed by atoms with Crippen LogP contribution in [0.4, 0.5) is 0 Å². The van der Waals surface area contributed by atoms with E-state index in [-0.39, 0.29) is 18.2 Å². The van der Waals surface area contributed by atoms with Crippen LogP contribution in [0.15, 0.2) is 18.2 Å². The van der Waals surface area contributed by atoms with Crippen molar-refractivity contribution < 1.29 is 14.4 Å². The van der Waals surface area contributed by atoms with Crippen LogP contribution in [0.5, 0.6) is 0 Å². The summed E-state index contributed by atoms with van der Waals surface area (Å²) < 4.78 is 0. The van der Waals surface area contributed by atoms with Crippen LogP contribution in [0.2, 0.25) is 0 Å². The van der Waals surface area contributed by atoms with Crippen molar-refractivity contribution in [2.24, 2.45) is 0 Å². The third-order valence-corrected chi connectivity index (χ3v) is 3.91. The van der Waals surface area contributed by atoms with E-state index in [0.29, 0.717) is 12.0 Å². The van der Waals surface area contributed by atoms with Gasteiger partial charge in [-0.05, 0) is 44.5 Å². The zero-order valence-corrected chi connectivity index (χ0v) is 13.1. The number of hydrogen-bond donors (Lipinski definition) is 3. The Hall–Kier alpha value is -2.21. The summed E-state index contributed by atoms with van der Waals surface area (Å²) >= 11 is 0. The van der Waals surface area contributed by atoms with Gasteiger partial charge in [-0.1, -0.05) is 12.1 Å². The summed E-state index contributed by atoms with van der Waals surface area (Å²) in [5.74, 6) is -1.06. The Balaban J connectivity index is 2.15. The number of hydrogen-bond acceptors (Lipinski definition) is 4. The Labute approximate surface area is 129 Å². The monoisotopic (exact) mass is 303 g/mol. The predicted octanol–water partition coefficient (Wildman–Crippen LogP) is 0.640. The van der Waals surface area contributed by atoms with Crippen molar-refractivity contribution in [3.05, 3.63) is 34.9 Å². The number of carbonyl (C=O) groups excluding carboxylic acids is 3. The van der Waals surface area contributed by atoms with Gasteiger partial charge in [-0.3, -0.25) is 19.7 Å². The topological polar surface area (TPSA) is 87.3 Å². The number of carbonyl (C=O) groups is 3. The van der Waals surface area contributed by atoms with Crippen molar-refractivity contribution >= 4 is 17.7 Å². The van der Waals surface area contributed by atoms with Crippen LogP contribution in [-0.2, 0) is 16.1 Å². The van der Waals surface area contributed by atoms with E-state index in [1.54, 1.807) is 13.0 Å². The molecule has 0 aromatic heterocycles. The molecule has 1 atom stereocenters. The average molecular weight is 303 g/mol. The first-order chi connectivity index (χ1) is 10.4. The van der Waals surface area contributed by atoms with Gasteiger partial charge in [0.25, 0.3) is 11.8 Å². The molecule has 22 heavy (non-hydrogen) atoms. The molecular formula is C16H21N3O3. The molecule has 0 radical (unpaired) electrons. The van der Waals surface area contributed by atoms with Gasteiger partial charge >= 0.3 is 0 Å². The Kier molecular flexibility index (Phi) is 4.61. The second kappa shape index (κ2) is 6.27. The van der Waals surface area contributed by atoms with Gasteiger partial charge in [-0.15, -0.1) is 0 Å². The standard InChI is InChI=1S/C16H21N3O3/c1-10-8-11(9-17-3)4-5-12(10)14(21)19-16(2)7-6-13(20)18-15(16)22/h4-5,8,17H,6-7,9H2,1-3H3,(H,19,21)(H,18,20,22). The number of benzene rings is 1. The number of piperidine rings is 1. The zero-order chi connectivity index (χ0) is 16.3. The summed E-state index contributed by atoms with van der Waals surface area (Å²) in [6.07, 6.45) is 0.531. The molecule has 1 saturated heterocycles. The molecule has 3 N–H and O–H groups in total. The molecule has 1 aliphatic heterocycles. The third-order valence-electron chi connectivity index (χ3n) is 3.91. The van der Waals surface area contributed by atoms with E-state index < -0.39 is 11.4 Å². The highest BCUT2D eigenvalue weighted by Crippen LogP contribution is 2.19.